The monoisotopic (exact) mass is 467 g/mol. The SMILES string of the molecule is CC(=O)NC(CC(=O)OCc1nc(-c2cccc(C(F)(F)F)c2)no1)c1ccc(Cl)cc1. The molecule has 0 aliphatic rings. The lowest BCUT2D eigenvalue weighted by Gasteiger charge is -2.17. The number of hydrogen-bond acceptors (Lipinski definition) is 6. The summed E-state index contributed by atoms with van der Waals surface area (Å²) in [4.78, 5) is 27.7. The molecule has 0 bridgehead atoms. The van der Waals surface area contributed by atoms with E-state index in [1.807, 2.05) is 0 Å². The molecular weight excluding hydrogens is 451 g/mol. The molecule has 1 unspecified atom stereocenters. The minimum absolute atomic E-state index is 0.0700. The number of ether oxygens (including phenoxy) is 1. The molecule has 1 amide bonds. The van der Waals surface area contributed by atoms with Crippen molar-refractivity contribution in [3.63, 3.8) is 0 Å². The number of hydrogen-bond donors (Lipinski definition) is 1. The molecular formula is C21H17ClF3N3O4. The van der Waals surface area contributed by atoms with Crippen LogP contribution in [-0.2, 0) is 27.1 Å². The zero-order valence-electron chi connectivity index (χ0n) is 16.6. The third kappa shape index (κ3) is 6.30. The Labute approximate surface area is 185 Å². The highest BCUT2D eigenvalue weighted by Gasteiger charge is 2.30. The van der Waals surface area contributed by atoms with Crippen LogP contribution in [0.25, 0.3) is 11.4 Å². The second kappa shape index (κ2) is 9.82. The molecule has 1 heterocycles. The van der Waals surface area contributed by atoms with E-state index in [1.165, 1.54) is 19.1 Å². The number of amides is 1. The third-order valence-corrected chi connectivity index (χ3v) is 4.55. The molecule has 0 spiro atoms. The predicted octanol–water partition coefficient (Wildman–Crippen LogP) is 4.72. The van der Waals surface area contributed by atoms with Crippen LogP contribution in [0.5, 0.6) is 0 Å². The van der Waals surface area contributed by atoms with Crippen LogP contribution in [0.4, 0.5) is 13.2 Å². The first-order chi connectivity index (χ1) is 15.1. The molecule has 1 aromatic heterocycles. The van der Waals surface area contributed by atoms with Gasteiger partial charge in [-0.25, -0.2) is 0 Å². The molecule has 32 heavy (non-hydrogen) atoms. The van der Waals surface area contributed by atoms with E-state index in [9.17, 15) is 22.8 Å². The zero-order valence-corrected chi connectivity index (χ0v) is 17.4. The van der Waals surface area contributed by atoms with Crippen molar-refractivity contribution >= 4 is 23.5 Å². The zero-order chi connectivity index (χ0) is 23.3. The van der Waals surface area contributed by atoms with Gasteiger partial charge < -0.3 is 14.6 Å². The van der Waals surface area contributed by atoms with Gasteiger partial charge in [-0.15, -0.1) is 0 Å². The summed E-state index contributed by atoms with van der Waals surface area (Å²) in [5.41, 5.74) is -0.0835. The van der Waals surface area contributed by atoms with Crippen LogP contribution in [0.15, 0.2) is 53.1 Å². The van der Waals surface area contributed by atoms with E-state index in [4.69, 9.17) is 20.9 Å². The second-order valence-corrected chi connectivity index (χ2v) is 7.20. The number of carbonyl (C=O) groups is 2. The largest absolute Gasteiger partial charge is 0.455 e. The molecule has 0 saturated carbocycles. The Balaban J connectivity index is 1.63. The first kappa shape index (κ1) is 23.3. The van der Waals surface area contributed by atoms with Crippen molar-refractivity contribution in [2.24, 2.45) is 0 Å². The van der Waals surface area contributed by atoms with Gasteiger partial charge in [0.2, 0.25) is 11.7 Å². The maximum atomic E-state index is 12.9. The minimum Gasteiger partial charge on any atom is -0.455 e. The Morgan fingerprint density at radius 3 is 2.56 bits per heavy atom. The van der Waals surface area contributed by atoms with Gasteiger partial charge in [0.05, 0.1) is 18.0 Å². The fraction of sp³-hybridized carbons (Fsp3) is 0.238. The van der Waals surface area contributed by atoms with Gasteiger partial charge in [-0.1, -0.05) is 41.0 Å². The normalized spacial score (nSPS) is 12.3. The van der Waals surface area contributed by atoms with E-state index in [1.54, 1.807) is 24.3 Å². The minimum atomic E-state index is -4.51. The fourth-order valence-electron chi connectivity index (χ4n) is 2.83. The maximum Gasteiger partial charge on any atom is 0.416 e. The molecule has 3 rings (SSSR count). The molecule has 3 aromatic rings. The van der Waals surface area contributed by atoms with Crippen LogP contribution < -0.4 is 5.32 Å². The molecule has 168 valence electrons. The Bertz CT molecular complexity index is 1100. The van der Waals surface area contributed by atoms with Gasteiger partial charge in [0, 0.05) is 17.5 Å². The lowest BCUT2D eigenvalue weighted by molar-refractivity contribution is -0.146. The number of alkyl halides is 3. The quantitative estimate of drug-likeness (QED) is 0.505. The average molecular weight is 468 g/mol. The number of carbonyl (C=O) groups excluding carboxylic acids is 2. The number of esters is 1. The van der Waals surface area contributed by atoms with E-state index in [2.05, 4.69) is 15.5 Å². The van der Waals surface area contributed by atoms with Gasteiger partial charge >= 0.3 is 12.1 Å². The lowest BCUT2D eigenvalue weighted by Crippen LogP contribution is -2.28. The average Bonchev–Trinajstić information content (AvgIpc) is 3.21. The van der Waals surface area contributed by atoms with Gasteiger partial charge in [-0.05, 0) is 29.8 Å². The van der Waals surface area contributed by atoms with E-state index in [0.29, 0.717) is 10.6 Å². The van der Waals surface area contributed by atoms with Crippen LogP contribution >= 0.6 is 11.6 Å². The summed E-state index contributed by atoms with van der Waals surface area (Å²) in [5.74, 6) is -1.15. The number of rotatable bonds is 7. The smallest absolute Gasteiger partial charge is 0.416 e. The summed E-state index contributed by atoms with van der Waals surface area (Å²) >= 11 is 5.86. The summed E-state index contributed by atoms with van der Waals surface area (Å²) < 4.78 is 48.7. The molecule has 0 aliphatic heterocycles. The Morgan fingerprint density at radius 1 is 1.19 bits per heavy atom. The molecule has 11 heteroatoms. The fourth-order valence-corrected chi connectivity index (χ4v) is 2.95. The topological polar surface area (TPSA) is 94.3 Å². The highest BCUT2D eigenvalue weighted by Crippen LogP contribution is 2.31. The van der Waals surface area contributed by atoms with Crippen molar-refractivity contribution in [1.82, 2.24) is 15.5 Å². The number of aromatic nitrogens is 2. The van der Waals surface area contributed by atoms with Crippen molar-refractivity contribution in [1.29, 1.82) is 0 Å². The Hall–Kier alpha value is -3.40. The Kier molecular flexibility index (Phi) is 7.14. The summed E-state index contributed by atoms with van der Waals surface area (Å²) in [6, 6.07) is 10.4. The molecule has 1 atom stereocenters. The van der Waals surface area contributed by atoms with Gasteiger partial charge in [0.15, 0.2) is 6.61 Å². The third-order valence-electron chi connectivity index (χ3n) is 4.29. The predicted molar refractivity (Wildman–Crippen MR) is 107 cm³/mol. The molecule has 2 aromatic carbocycles. The lowest BCUT2D eigenvalue weighted by atomic mass is 10.0. The number of nitrogens with one attached hydrogen (secondary N) is 1. The molecule has 0 radical (unpaired) electrons. The van der Waals surface area contributed by atoms with Crippen LogP contribution in [0.2, 0.25) is 5.02 Å². The van der Waals surface area contributed by atoms with Gasteiger partial charge in [-0.3, -0.25) is 9.59 Å². The Morgan fingerprint density at radius 2 is 1.91 bits per heavy atom. The van der Waals surface area contributed by atoms with Crippen molar-refractivity contribution in [2.75, 3.05) is 0 Å². The number of benzene rings is 2. The van der Waals surface area contributed by atoms with E-state index >= 15 is 0 Å². The van der Waals surface area contributed by atoms with Crippen molar-refractivity contribution in [2.45, 2.75) is 32.2 Å². The molecule has 1 N–H and O–H groups in total. The van der Waals surface area contributed by atoms with Crippen molar-refractivity contribution in [3.05, 3.63) is 70.6 Å². The molecule has 0 saturated heterocycles. The van der Waals surface area contributed by atoms with Crippen molar-refractivity contribution in [3.8, 4) is 11.4 Å². The summed E-state index contributed by atoms with van der Waals surface area (Å²) in [7, 11) is 0. The van der Waals surface area contributed by atoms with Gasteiger partial charge in [-0.2, -0.15) is 18.2 Å². The number of halogens is 4. The standard InChI is InChI=1S/C21H17ClF3N3O4/c1-12(29)26-17(13-5-7-16(22)8-6-13)10-19(30)31-11-18-27-20(28-32-18)14-3-2-4-15(9-14)21(23,24)25/h2-9,17H,10-11H2,1H3,(H,26,29). The van der Waals surface area contributed by atoms with Crippen molar-refractivity contribution < 1.29 is 32.0 Å². The molecule has 0 aliphatic carbocycles. The molecule has 7 nitrogen and oxygen atoms in total. The highest BCUT2D eigenvalue weighted by atomic mass is 35.5. The van der Waals surface area contributed by atoms with E-state index in [-0.39, 0.29) is 36.2 Å². The highest BCUT2D eigenvalue weighted by molar-refractivity contribution is 6.30. The van der Waals surface area contributed by atoms with E-state index in [0.717, 1.165) is 12.1 Å². The first-order valence-electron chi connectivity index (χ1n) is 9.30. The van der Waals surface area contributed by atoms with Crippen LogP contribution in [-0.4, -0.2) is 22.0 Å². The van der Waals surface area contributed by atoms with Gasteiger partial charge in [0.1, 0.15) is 0 Å². The molecule has 0 fully saturated rings. The van der Waals surface area contributed by atoms with Crippen LogP contribution in [0, 0.1) is 0 Å². The summed E-state index contributed by atoms with van der Waals surface area (Å²) in [5, 5.41) is 6.80. The first-order valence-corrected chi connectivity index (χ1v) is 9.68. The van der Waals surface area contributed by atoms with Crippen LogP contribution in [0.3, 0.4) is 0 Å². The van der Waals surface area contributed by atoms with Crippen LogP contribution in [0.1, 0.15) is 36.4 Å². The van der Waals surface area contributed by atoms with Gasteiger partial charge in [0.25, 0.3) is 5.89 Å². The maximum absolute atomic E-state index is 12.9. The van der Waals surface area contributed by atoms with E-state index < -0.39 is 23.8 Å². The number of nitrogens with zero attached hydrogens (tertiary/aromatic N) is 2. The summed E-state index contributed by atoms with van der Waals surface area (Å²) in [6.07, 6.45) is -4.68. The summed E-state index contributed by atoms with van der Waals surface area (Å²) in [6.45, 7) is 0.945. The second-order valence-electron chi connectivity index (χ2n) is 6.76.